The van der Waals surface area contributed by atoms with E-state index in [1.165, 1.54) is 5.56 Å². The van der Waals surface area contributed by atoms with E-state index in [1.807, 2.05) is 64.3 Å². The maximum Gasteiger partial charge on any atom is 0.321 e. The summed E-state index contributed by atoms with van der Waals surface area (Å²) in [7, 11) is 8.06. The van der Waals surface area contributed by atoms with E-state index in [2.05, 4.69) is 15.1 Å². The third-order valence-electron chi connectivity index (χ3n) is 3.22. The van der Waals surface area contributed by atoms with Crippen molar-refractivity contribution >= 4 is 11.7 Å². The topological polar surface area (TPSA) is 38.8 Å². The van der Waals surface area contributed by atoms with Gasteiger partial charge in [0.25, 0.3) is 0 Å². The zero-order valence-electron chi connectivity index (χ0n) is 13.9. The lowest BCUT2D eigenvalue weighted by molar-refractivity contribution is 0.198. The molecule has 2 amide bonds. The molecule has 0 saturated heterocycles. The number of rotatable bonds is 7. The predicted octanol–water partition coefficient (Wildman–Crippen LogP) is 1.95. The molecule has 0 aliphatic heterocycles. The Morgan fingerprint density at radius 3 is 1.81 bits per heavy atom. The third kappa shape index (κ3) is 7.11. The summed E-state index contributed by atoms with van der Waals surface area (Å²) in [6, 6.07) is 7.83. The summed E-state index contributed by atoms with van der Waals surface area (Å²) in [5, 5.41) is 2.97. The van der Waals surface area contributed by atoms with Crippen LogP contribution in [0.1, 0.15) is 5.56 Å². The van der Waals surface area contributed by atoms with Crippen LogP contribution < -0.4 is 5.32 Å². The summed E-state index contributed by atoms with van der Waals surface area (Å²) in [6.07, 6.45) is 0. The number of urea groups is 1. The number of likely N-dealkylation sites (N-methyl/N-ethyl adjacent to an activating group) is 2. The fraction of sp³-hybridized carbons (Fsp3) is 0.562. The molecule has 0 aromatic heterocycles. The number of nitrogens with one attached hydrogen (secondary N) is 1. The van der Waals surface area contributed by atoms with Gasteiger partial charge in [-0.15, -0.1) is 0 Å². The smallest absolute Gasteiger partial charge is 0.321 e. The number of nitrogens with zero attached hydrogens (tertiary/aromatic N) is 3. The van der Waals surface area contributed by atoms with Crippen molar-refractivity contribution in [2.24, 2.45) is 0 Å². The maximum atomic E-state index is 12.4. The highest BCUT2D eigenvalue weighted by molar-refractivity contribution is 5.89. The summed E-state index contributed by atoms with van der Waals surface area (Å²) in [4.78, 5) is 18.4. The molecule has 1 N–H and O–H groups in total. The molecule has 118 valence electrons. The monoisotopic (exact) mass is 292 g/mol. The van der Waals surface area contributed by atoms with Crippen LogP contribution in [-0.4, -0.2) is 75.1 Å². The SMILES string of the molecule is Cc1ccc(NC(=O)N(CCN(C)C)CCN(C)C)cc1. The molecule has 1 aromatic rings. The number of anilines is 1. The molecule has 21 heavy (non-hydrogen) atoms. The molecular weight excluding hydrogens is 264 g/mol. The molecule has 5 nitrogen and oxygen atoms in total. The van der Waals surface area contributed by atoms with Gasteiger partial charge in [-0.3, -0.25) is 0 Å². The van der Waals surface area contributed by atoms with Crippen molar-refractivity contribution in [1.29, 1.82) is 0 Å². The Labute approximate surface area is 128 Å². The summed E-state index contributed by atoms with van der Waals surface area (Å²) in [5.74, 6) is 0. The molecule has 0 aliphatic rings. The summed E-state index contributed by atoms with van der Waals surface area (Å²) in [5.41, 5.74) is 2.02. The van der Waals surface area contributed by atoms with Gasteiger partial charge >= 0.3 is 6.03 Å². The zero-order valence-corrected chi connectivity index (χ0v) is 13.9. The van der Waals surface area contributed by atoms with Gasteiger partial charge in [-0.25, -0.2) is 4.79 Å². The fourth-order valence-corrected chi connectivity index (χ4v) is 1.80. The molecule has 0 atom stereocenters. The van der Waals surface area contributed by atoms with Crippen molar-refractivity contribution < 1.29 is 4.79 Å². The van der Waals surface area contributed by atoms with Gasteiger partial charge in [0.05, 0.1) is 0 Å². The van der Waals surface area contributed by atoms with E-state index in [0.29, 0.717) is 0 Å². The van der Waals surface area contributed by atoms with Crippen molar-refractivity contribution in [3.05, 3.63) is 29.8 Å². The minimum Gasteiger partial charge on any atom is -0.322 e. The standard InChI is InChI=1S/C16H28N4O/c1-14-6-8-15(9-7-14)17-16(21)20(12-10-18(2)3)13-11-19(4)5/h6-9H,10-13H2,1-5H3,(H,17,21). The lowest BCUT2D eigenvalue weighted by Crippen LogP contribution is -2.42. The first-order valence-electron chi connectivity index (χ1n) is 7.30. The number of hydrogen-bond donors (Lipinski definition) is 1. The summed E-state index contributed by atoms with van der Waals surface area (Å²) < 4.78 is 0. The molecule has 0 radical (unpaired) electrons. The second-order valence-electron chi connectivity index (χ2n) is 5.89. The Kier molecular flexibility index (Phi) is 7.19. The van der Waals surface area contributed by atoms with Gasteiger partial charge < -0.3 is 20.0 Å². The average Bonchev–Trinajstić information content (AvgIpc) is 2.40. The molecule has 0 heterocycles. The summed E-state index contributed by atoms with van der Waals surface area (Å²) >= 11 is 0. The van der Waals surface area contributed by atoms with Crippen LogP contribution in [0.3, 0.4) is 0 Å². The first kappa shape index (κ1) is 17.5. The van der Waals surface area contributed by atoms with Crippen LogP contribution in [0.4, 0.5) is 10.5 Å². The van der Waals surface area contributed by atoms with E-state index < -0.39 is 0 Å². The highest BCUT2D eigenvalue weighted by Gasteiger charge is 2.13. The molecule has 1 aromatic carbocycles. The molecule has 0 saturated carbocycles. The van der Waals surface area contributed by atoms with Crippen LogP contribution in [0.15, 0.2) is 24.3 Å². The maximum absolute atomic E-state index is 12.4. The van der Waals surface area contributed by atoms with Crippen molar-refractivity contribution in [3.63, 3.8) is 0 Å². The van der Waals surface area contributed by atoms with Crippen molar-refractivity contribution in [3.8, 4) is 0 Å². The molecule has 0 bridgehead atoms. The van der Waals surface area contributed by atoms with Crippen LogP contribution in [0.5, 0.6) is 0 Å². The number of hydrogen-bond acceptors (Lipinski definition) is 3. The highest BCUT2D eigenvalue weighted by atomic mass is 16.2. The normalized spacial score (nSPS) is 11.0. The molecule has 0 fully saturated rings. The highest BCUT2D eigenvalue weighted by Crippen LogP contribution is 2.09. The van der Waals surface area contributed by atoms with Crippen molar-refractivity contribution in [2.75, 3.05) is 59.7 Å². The van der Waals surface area contributed by atoms with E-state index in [-0.39, 0.29) is 6.03 Å². The Morgan fingerprint density at radius 1 is 0.905 bits per heavy atom. The van der Waals surface area contributed by atoms with Gasteiger partial charge in [-0.2, -0.15) is 0 Å². The lowest BCUT2D eigenvalue weighted by atomic mass is 10.2. The van der Waals surface area contributed by atoms with Crippen molar-refractivity contribution in [1.82, 2.24) is 14.7 Å². The summed E-state index contributed by atoms with van der Waals surface area (Å²) in [6.45, 7) is 5.19. The molecule has 5 heteroatoms. The molecule has 0 aliphatic carbocycles. The molecular formula is C16H28N4O. The van der Waals surface area contributed by atoms with Crippen LogP contribution in [-0.2, 0) is 0 Å². The second kappa shape index (κ2) is 8.64. The molecule has 0 unspecified atom stereocenters. The third-order valence-corrected chi connectivity index (χ3v) is 3.22. The Morgan fingerprint density at radius 2 is 1.38 bits per heavy atom. The van der Waals surface area contributed by atoms with Gasteiger partial charge in [0, 0.05) is 31.9 Å². The van der Waals surface area contributed by atoms with E-state index in [1.54, 1.807) is 0 Å². The van der Waals surface area contributed by atoms with Gasteiger partial charge in [-0.1, -0.05) is 17.7 Å². The van der Waals surface area contributed by atoms with Gasteiger partial charge in [0.2, 0.25) is 0 Å². The van der Waals surface area contributed by atoms with Crippen LogP contribution >= 0.6 is 0 Å². The number of amides is 2. The Bertz CT molecular complexity index is 416. The lowest BCUT2D eigenvalue weighted by Gasteiger charge is -2.26. The predicted molar refractivity (Wildman–Crippen MR) is 88.9 cm³/mol. The average molecular weight is 292 g/mol. The number of carbonyl (C=O) groups excluding carboxylic acids is 1. The Balaban J connectivity index is 2.62. The number of benzene rings is 1. The first-order chi connectivity index (χ1) is 9.88. The minimum atomic E-state index is -0.0393. The van der Waals surface area contributed by atoms with Gasteiger partial charge in [-0.05, 0) is 47.2 Å². The molecule has 0 spiro atoms. The van der Waals surface area contributed by atoms with Gasteiger partial charge in [0.1, 0.15) is 0 Å². The number of aryl methyl sites for hydroxylation is 1. The van der Waals surface area contributed by atoms with E-state index >= 15 is 0 Å². The Hall–Kier alpha value is -1.59. The van der Waals surface area contributed by atoms with E-state index in [4.69, 9.17) is 0 Å². The van der Waals surface area contributed by atoms with Crippen molar-refractivity contribution in [2.45, 2.75) is 6.92 Å². The van der Waals surface area contributed by atoms with Crippen LogP contribution in [0.2, 0.25) is 0 Å². The van der Waals surface area contributed by atoms with Gasteiger partial charge in [0.15, 0.2) is 0 Å². The quantitative estimate of drug-likeness (QED) is 0.835. The first-order valence-corrected chi connectivity index (χ1v) is 7.30. The number of carbonyl (C=O) groups is 1. The van der Waals surface area contributed by atoms with Crippen LogP contribution in [0, 0.1) is 6.92 Å². The second-order valence-corrected chi connectivity index (χ2v) is 5.89. The van der Waals surface area contributed by atoms with E-state index in [9.17, 15) is 4.79 Å². The van der Waals surface area contributed by atoms with Crippen LogP contribution in [0.25, 0.3) is 0 Å². The largest absolute Gasteiger partial charge is 0.322 e. The van der Waals surface area contributed by atoms with E-state index in [0.717, 1.165) is 31.9 Å². The minimum absolute atomic E-state index is 0.0393. The zero-order chi connectivity index (χ0) is 15.8. The fourth-order valence-electron chi connectivity index (χ4n) is 1.80. The molecule has 1 rings (SSSR count).